The number of nitrogens with zero attached hydrogens (tertiary/aromatic N) is 4. The summed E-state index contributed by atoms with van der Waals surface area (Å²) in [5.41, 5.74) is 8.07. The molecule has 2 N–H and O–H groups in total. The molecule has 0 aromatic carbocycles. The second kappa shape index (κ2) is 10.6. The Labute approximate surface area is 165 Å². The van der Waals surface area contributed by atoms with Gasteiger partial charge >= 0.3 is 0 Å². The number of aromatic nitrogens is 4. The Hall–Kier alpha value is -1.74. The average molecular weight is 400 g/mol. The van der Waals surface area contributed by atoms with E-state index in [1.54, 1.807) is 26.0 Å². The molecule has 0 radical (unpaired) electrons. The number of methoxy groups -OCH3 is 3. The average Bonchev–Trinajstić information content (AvgIpc) is 2.89. The zero-order valence-corrected chi connectivity index (χ0v) is 17.9. The molecule has 2 aromatic rings. The van der Waals surface area contributed by atoms with Crippen LogP contribution in [0.1, 0.15) is 26.5 Å². The third-order valence-electron chi connectivity index (χ3n) is 3.78. The number of hydrogen-bond donors (Lipinski definition) is 1. The molecule has 152 valence electrons. The maximum absolute atomic E-state index is 6.08. The first kappa shape index (κ1) is 23.3. The van der Waals surface area contributed by atoms with Gasteiger partial charge in [0.05, 0.1) is 36.4 Å². The monoisotopic (exact) mass is 399 g/mol. The van der Waals surface area contributed by atoms with E-state index in [2.05, 4.69) is 15.1 Å². The van der Waals surface area contributed by atoms with Crippen molar-refractivity contribution in [3.63, 3.8) is 0 Å². The number of nitrogens with two attached hydrogens (primary N) is 1. The van der Waals surface area contributed by atoms with Gasteiger partial charge in [-0.25, -0.2) is 9.67 Å². The summed E-state index contributed by atoms with van der Waals surface area (Å²) in [7, 11) is 5.00. The number of halogens is 1. The molecule has 0 unspecified atom stereocenters. The highest BCUT2D eigenvalue weighted by molar-refractivity contribution is 6.34. The van der Waals surface area contributed by atoms with Crippen molar-refractivity contribution in [3.05, 3.63) is 22.5 Å². The zero-order chi connectivity index (χ0) is 20.6. The first-order valence-electron chi connectivity index (χ1n) is 8.50. The highest BCUT2D eigenvalue weighted by atomic mass is 35.5. The molecule has 2 aromatic heterocycles. The van der Waals surface area contributed by atoms with Gasteiger partial charge in [-0.15, -0.1) is 0 Å². The Morgan fingerprint density at radius 3 is 2.41 bits per heavy atom. The zero-order valence-electron chi connectivity index (χ0n) is 17.2. The fourth-order valence-corrected chi connectivity index (χ4v) is 2.57. The Balaban J connectivity index is 0.000000387. The largest absolute Gasteiger partial charge is 0.382 e. The maximum atomic E-state index is 6.08. The van der Waals surface area contributed by atoms with Crippen LogP contribution in [0, 0.1) is 6.92 Å². The maximum Gasteiger partial charge on any atom is 0.223 e. The molecule has 2 heterocycles. The van der Waals surface area contributed by atoms with E-state index in [1.807, 2.05) is 33.8 Å². The number of nitrogen functional groups attached to an aromatic ring is 1. The molecule has 0 saturated heterocycles. The summed E-state index contributed by atoms with van der Waals surface area (Å²) in [5.74, 6) is 0.150. The van der Waals surface area contributed by atoms with E-state index in [4.69, 9.17) is 31.5 Å². The molecular formula is C18H30ClN5O3. The van der Waals surface area contributed by atoms with Crippen LogP contribution in [0.3, 0.4) is 0 Å². The quantitative estimate of drug-likeness (QED) is 0.564. The Kier molecular flexibility index (Phi) is 9.11. The van der Waals surface area contributed by atoms with Gasteiger partial charge in [0.2, 0.25) is 5.95 Å². The second-order valence-corrected chi connectivity index (χ2v) is 7.07. The summed E-state index contributed by atoms with van der Waals surface area (Å²) in [6, 6.07) is 0. The number of ether oxygens (including phenoxy) is 3. The van der Waals surface area contributed by atoms with Crippen LogP contribution in [-0.4, -0.2) is 59.9 Å². The number of rotatable bonds is 7. The number of hydrogen-bond acceptors (Lipinski definition) is 7. The van der Waals surface area contributed by atoms with Gasteiger partial charge < -0.3 is 19.9 Å². The van der Waals surface area contributed by atoms with E-state index < -0.39 is 0 Å². The van der Waals surface area contributed by atoms with Crippen molar-refractivity contribution in [2.75, 3.05) is 40.3 Å². The predicted octanol–water partition coefficient (Wildman–Crippen LogP) is 3.02. The lowest BCUT2D eigenvalue weighted by molar-refractivity contribution is -0.0370. The SMILES string of the molecule is COC/C=C(\C)Cn1nc(C)c2c(Cl)nc(N)nc21.COCC(C)(C)OC. The molecule has 0 fully saturated rings. The van der Waals surface area contributed by atoms with Crippen LogP contribution in [0.4, 0.5) is 5.95 Å². The van der Waals surface area contributed by atoms with Crippen LogP contribution >= 0.6 is 11.6 Å². The summed E-state index contributed by atoms with van der Waals surface area (Å²) in [5, 5.41) is 5.52. The van der Waals surface area contributed by atoms with E-state index in [1.165, 1.54) is 0 Å². The van der Waals surface area contributed by atoms with E-state index >= 15 is 0 Å². The predicted molar refractivity (Wildman–Crippen MR) is 108 cm³/mol. The Morgan fingerprint density at radius 2 is 1.89 bits per heavy atom. The van der Waals surface area contributed by atoms with Gasteiger partial charge in [0.25, 0.3) is 0 Å². The molecule has 0 bridgehead atoms. The molecule has 0 spiro atoms. The number of aryl methyl sites for hydroxylation is 1. The van der Waals surface area contributed by atoms with Gasteiger partial charge in [-0.1, -0.05) is 23.3 Å². The number of fused-ring (bicyclic) bond motifs is 1. The lowest BCUT2D eigenvalue weighted by Crippen LogP contribution is -2.28. The highest BCUT2D eigenvalue weighted by Gasteiger charge is 2.15. The van der Waals surface area contributed by atoms with Crippen LogP contribution in [0.25, 0.3) is 11.0 Å². The fraction of sp³-hybridized carbons (Fsp3) is 0.611. The van der Waals surface area contributed by atoms with Crippen molar-refractivity contribution in [2.45, 2.75) is 39.8 Å². The molecule has 27 heavy (non-hydrogen) atoms. The third kappa shape index (κ3) is 7.06. The Morgan fingerprint density at radius 1 is 1.22 bits per heavy atom. The lowest BCUT2D eigenvalue weighted by atomic mass is 10.2. The molecule has 0 aliphatic heterocycles. The van der Waals surface area contributed by atoms with E-state index in [9.17, 15) is 0 Å². The molecule has 0 saturated carbocycles. The minimum Gasteiger partial charge on any atom is -0.382 e. The molecule has 8 nitrogen and oxygen atoms in total. The van der Waals surface area contributed by atoms with Gasteiger partial charge in [0, 0.05) is 21.3 Å². The first-order valence-corrected chi connectivity index (χ1v) is 8.87. The smallest absolute Gasteiger partial charge is 0.223 e. The van der Waals surface area contributed by atoms with Crippen molar-refractivity contribution < 1.29 is 14.2 Å². The number of allylic oxidation sites excluding steroid dienone is 1. The minimum absolute atomic E-state index is 0.130. The third-order valence-corrected chi connectivity index (χ3v) is 4.06. The second-order valence-electron chi connectivity index (χ2n) is 6.72. The first-order chi connectivity index (χ1) is 12.6. The van der Waals surface area contributed by atoms with Gasteiger partial charge in [0.15, 0.2) is 5.65 Å². The van der Waals surface area contributed by atoms with Gasteiger partial charge in [-0.2, -0.15) is 10.1 Å². The van der Waals surface area contributed by atoms with Crippen molar-refractivity contribution >= 4 is 28.6 Å². The lowest BCUT2D eigenvalue weighted by Gasteiger charge is -2.20. The summed E-state index contributed by atoms with van der Waals surface area (Å²) in [4.78, 5) is 8.16. The van der Waals surface area contributed by atoms with Crippen molar-refractivity contribution in [3.8, 4) is 0 Å². The van der Waals surface area contributed by atoms with Gasteiger partial charge in [-0.3, -0.25) is 0 Å². The van der Waals surface area contributed by atoms with E-state index in [-0.39, 0.29) is 11.5 Å². The normalized spacial score (nSPS) is 12.2. The number of anilines is 1. The van der Waals surface area contributed by atoms with Gasteiger partial charge in [-0.05, 0) is 27.7 Å². The van der Waals surface area contributed by atoms with Crippen molar-refractivity contribution in [1.82, 2.24) is 19.7 Å². The van der Waals surface area contributed by atoms with Crippen molar-refractivity contribution in [2.24, 2.45) is 0 Å². The summed E-state index contributed by atoms with van der Waals surface area (Å²) in [6.45, 7) is 9.67. The molecular weight excluding hydrogens is 370 g/mol. The Bertz CT molecular complexity index is 774. The molecule has 0 amide bonds. The standard InChI is InChI=1S/C12H16ClN5O.C6H14O2/c1-7(4-5-19-3)6-18-11-9(8(2)17-18)10(13)15-12(14)16-11;1-6(2,8-4)5-7-3/h4H,5-6H2,1-3H3,(H2,14,15,16);5H2,1-4H3/b7-4+;. The van der Waals surface area contributed by atoms with E-state index in [0.717, 1.165) is 16.7 Å². The molecule has 0 aliphatic rings. The van der Waals surface area contributed by atoms with Gasteiger partial charge in [0.1, 0.15) is 5.15 Å². The summed E-state index contributed by atoms with van der Waals surface area (Å²) < 4.78 is 16.7. The topological polar surface area (TPSA) is 97.3 Å². The minimum atomic E-state index is -0.130. The molecule has 0 atom stereocenters. The van der Waals surface area contributed by atoms with Crippen LogP contribution in [-0.2, 0) is 20.8 Å². The molecule has 9 heteroatoms. The highest BCUT2D eigenvalue weighted by Crippen LogP contribution is 2.24. The molecule has 0 aliphatic carbocycles. The van der Waals surface area contributed by atoms with Crippen molar-refractivity contribution in [1.29, 1.82) is 0 Å². The van der Waals surface area contributed by atoms with Crippen LogP contribution in [0.2, 0.25) is 5.15 Å². The van der Waals surface area contributed by atoms with Crippen LogP contribution in [0.15, 0.2) is 11.6 Å². The van der Waals surface area contributed by atoms with Crippen LogP contribution < -0.4 is 5.73 Å². The summed E-state index contributed by atoms with van der Waals surface area (Å²) in [6.07, 6.45) is 2.00. The van der Waals surface area contributed by atoms with Crippen LogP contribution in [0.5, 0.6) is 0 Å². The fourth-order valence-electron chi connectivity index (χ4n) is 2.26. The summed E-state index contributed by atoms with van der Waals surface area (Å²) >= 11 is 6.08. The van der Waals surface area contributed by atoms with E-state index in [0.29, 0.717) is 30.6 Å². The molecule has 2 rings (SSSR count).